The van der Waals surface area contributed by atoms with Gasteiger partial charge in [0.1, 0.15) is 11.7 Å². The third kappa shape index (κ3) is 3.43. The van der Waals surface area contributed by atoms with E-state index in [9.17, 15) is 4.39 Å². The Bertz CT molecular complexity index is 421. The van der Waals surface area contributed by atoms with Gasteiger partial charge in [-0.2, -0.15) is 0 Å². The number of nitrogens with two attached hydrogens (primary N) is 1. The highest BCUT2D eigenvalue weighted by Crippen LogP contribution is 2.22. The second-order valence-electron chi connectivity index (χ2n) is 4.44. The number of nitrogens with zero attached hydrogens (tertiary/aromatic N) is 1. The van der Waals surface area contributed by atoms with Gasteiger partial charge in [0.25, 0.3) is 0 Å². The van der Waals surface area contributed by atoms with E-state index in [2.05, 4.69) is 0 Å². The molecular formula is C13H20FN3O. The molecule has 4 nitrogen and oxygen atoms in total. The maximum absolute atomic E-state index is 14.0. The molecular weight excluding hydrogens is 233 g/mol. The lowest BCUT2D eigenvalue weighted by Gasteiger charge is -2.29. The van der Waals surface area contributed by atoms with Crippen LogP contribution in [0, 0.1) is 11.2 Å². The number of rotatable bonds is 6. The van der Waals surface area contributed by atoms with Gasteiger partial charge in [-0.25, -0.2) is 4.39 Å². The fraction of sp³-hybridized carbons (Fsp3) is 0.462. The number of aliphatic hydroxyl groups excluding tert-OH is 1. The Kier molecular flexibility index (Phi) is 5.09. The molecule has 5 heteroatoms. The molecule has 1 rings (SSSR count). The Morgan fingerprint density at radius 3 is 2.61 bits per heavy atom. The number of aliphatic hydroxyl groups is 1. The third-order valence-corrected chi connectivity index (χ3v) is 2.75. The fourth-order valence-electron chi connectivity index (χ4n) is 1.81. The van der Waals surface area contributed by atoms with Crippen molar-refractivity contribution in [3.05, 3.63) is 29.6 Å². The first-order valence-electron chi connectivity index (χ1n) is 5.98. The second-order valence-corrected chi connectivity index (χ2v) is 4.44. The van der Waals surface area contributed by atoms with Gasteiger partial charge in [0.15, 0.2) is 0 Å². The molecule has 0 aliphatic carbocycles. The minimum absolute atomic E-state index is 0.0797. The second kappa shape index (κ2) is 6.35. The van der Waals surface area contributed by atoms with Crippen LogP contribution in [-0.2, 0) is 0 Å². The molecule has 0 saturated heterocycles. The zero-order chi connectivity index (χ0) is 13.7. The smallest absolute Gasteiger partial charge is 0.147 e. The van der Waals surface area contributed by atoms with Gasteiger partial charge < -0.3 is 15.7 Å². The van der Waals surface area contributed by atoms with Gasteiger partial charge >= 0.3 is 0 Å². The summed E-state index contributed by atoms with van der Waals surface area (Å²) < 4.78 is 14.0. The molecule has 0 aromatic heterocycles. The van der Waals surface area contributed by atoms with Crippen LogP contribution in [0.4, 0.5) is 10.1 Å². The molecule has 0 spiro atoms. The van der Waals surface area contributed by atoms with Crippen LogP contribution in [0.5, 0.6) is 0 Å². The molecule has 18 heavy (non-hydrogen) atoms. The number of hydrogen-bond donors (Lipinski definition) is 3. The molecule has 100 valence electrons. The van der Waals surface area contributed by atoms with Crippen LogP contribution in [0.3, 0.4) is 0 Å². The summed E-state index contributed by atoms with van der Waals surface area (Å²) in [5, 5.41) is 16.1. The van der Waals surface area contributed by atoms with Crippen LogP contribution in [0.2, 0.25) is 0 Å². The van der Waals surface area contributed by atoms with Crippen molar-refractivity contribution >= 4 is 11.5 Å². The summed E-state index contributed by atoms with van der Waals surface area (Å²) in [6, 6.07) is 4.67. The van der Waals surface area contributed by atoms with Crippen LogP contribution in [-0.4, -0.2) is 30.1 Å². The van der Waals surface area contributed by atoms with Gasteiger partial charge in [-0.3, -0.25) is 5.41 Å². The van der Waals surface area contributed by atoms with E-state index in [1.165, 1.54) is 6.07 Å². The van der Waals surface area contributed by atoms with Crippen molar-refractivity contribution < 1.29 is 9.50 Å². The van der Waals surface area contributed by atoms with Crippen molar-refractivity contribution in [1.29, 1.82) is 5.41 Å². The number of nitrogen functional groups attached to an aromatic ring is 1. The van der Waals surface area contributed by atoms with E-state index in [1.807, 2.05) is 18.7 Å². The van der Waals surface area contributed by atoms with Crippen molar-refractivity contribution in [2.75, 3.05) is 18.1 Å². The zero-order valence-corrected chi connectivity index (χ0v) is 10.8. The Morgan fingerprint density at radius 1 is 1.50 bits per heavy atom. The van der Waals surface area contributed by atoms with Gasteiger partial charge in [-0.1, -0.05) is 0 Å². The molecule has 1 aromatic rings. The predicted octanol–water partition coefficient (Wildman–Crippen LogP) is 1.71. The van der Waals surface area contributed by atoms with E-state index in [0.717, 1.165) is 0 Å². The highest BCUT2D eigenvalue weighted by Gasteiger charge is 2.15. The quantitative estimate of drug-likeness (QED) is 0.533. The first-order valence-corrected chi connectivity index (χ1v) is 5.98. The van der Waals surface area contributed by atoms with Crippen LogP contribution in [0.1, 0.15) is 25.8 Å². The number of anilines is 1. The summed E-state index contributed by atoms with van der Waals surface area (Å²) in [5.74, 6) is -0.541. The van der Waals surface area contributed by atoms with Crippen molar-refractivity contribution in [3.63, 3.8) is 0 Å². The minimum atomic E-state index is -0.394. The van der Waals surface area contributed by atoms with Gasteiger partial charge in [0.2, 0.25) is 0 Å². The number of amidine groups is 1. The van der Waals surface area contributed by atoms with Crippen LogP contribution >= 0.6 is 0 Å². The van der Waals surface area contributed by atoms with Gasteiger partial charge in [0, 0.05) is 24.8 Å². The topological polar surface area (TPSA) is 73.3 Å². The van der Waals surface area contributed by atoms with Crippen molar-refractivity contribution in [2.45, 2.75) is 26.3 Å². The lowest BCUT2D eigenvalue weighted by Crippen LogP contribution is -2.33. The molecule has 0 heterocycles. The van der Waals surface area contributed by atoms with Gasteiger partial charge in [-0.15, -0.1) is 0 Å². The minimum Gasteiger partial charge on any atom is -0.396 e. The highest BCUT2D eigenvalue weighted by molar-refractivity contribution is 5.95. The van der Waals surface area contributed by atoms with Crippen LogP contribution in [0.25, 0.3) is 0 Å². The molecule has 0 saturated carbocycles. The third-order valence-electron chi connectivity index (χ3n) is 2.75. The average Bonchev–Trinajstić information content (AvgIpc) is 2.30. The number of benzene rings is 1. The summed E-state index contributed by atoms with van der Waals surface area (Å²) in [4.78, 5) is 1.88. The Balaban J connectivity index is 3.01. The molecule has 0 aliphatic rings. The van der Waals surface area contributed by atoms with Crippen molar-refractivity contribution in [3.8, 4) is 0 Å². The predicted molar refractivity (Wildman–Crippen MR) is 71.6 cm³/mol. The molecule has 0 amide bonds. The van der Waals surface area contributed by atoms with Gasteiger partial charge in [0.05, 0.1) is 5.69 Å². The molecule has 0 fully saturated rings. The maximum atomic E-state index is 14.0. The molecule has 1 aromatic carbocycles. The first-order chi connectivity index (χ1) is 8.47. The molecule has 0 radical (unpaired) electrons. The standard InChI is InChI=1S/C13H20FN3O/c1-9(2)17(6-3-7-18)12-5-4-10(13(15)16)8-11(12)14/h4-5,8-9,18H,3,6-7H2,1-2H3,(H3,15,16). The first kappa shape index (κ1) is 14.4. The fourth-order valence-corrected chi connectivity index (χ4v) is 1.81. The summed E-state index contributed by atoms with van der Waals surface area (Å²) in [7, 11) is 0. The molecule has 0 bridgehead atoms. The normalized spacial score (nSPS) is 10.7. The van der Waals surface area contributed by atoms with Crippen molar-refractivity contribution in [2.24, 2.45) is 5.73 Å². The number of halogens is 1. The Morgan fingerprint density at radius 2 is 2.17 bits per heavy atom. The monoisotopic (exact) mass is 253 g/mol. The Hall–Kier alpha value is -1.62. The lowest BCUT2D eigenvalue weighted by molar-refractivity contribution is 0.288. The summed E-state index contributed by atoms with van der Waals surface area (Å²) in [6.07, 6.45) is 0.589. The number of nitrogens with one attached hydrogen (secondary N) is 1. The maximum Gasteiger partial charge on any atom is 0.147 e. The van der Waals surface area contributed by atoms with Crippen LogP contribution < -0.4 is 10.6 Å². The zero-order valence-electron chi connectivity index (χ0n) is 10.8. The molecule has 0 atom stereocenters. The number of hydrogen-bond acceptors (Lipinski definition) is 3. The molecule has 0 unspecified atom stereocenters. The summed E-state index contributed by atoms with van der Waals surface area (Å²) in [6.45, 7) is 4.60. The van der Waals surface area contributed by atoms with E-state index in [0.29, 0.717) is 24.2 Å². The Labute approximate surface area is 107 Å². The van der Waals surface area contributed by atoms with E-state index >= 15 is 0 Å². The average molecular weight is 253 g/mol. The lowest BCUT2D eigenvalue weighted by atomic mass is 10.1. The van der Waals surface area contributed by atoms with E-state index < -0.39 is 5.82 Å². The highest BCUT2D eigenvalue weighted by atomic mass is 19.1. The van der Waals surface area contributed by atoms with E-state index in [1.54, 1.807) is 12.1 Å². The summed E-state index contributed by atoms with van der Waals surface area (Å²) in [5.41, 5.74) is 6.17. The van der Waals surface area contributed by atoms with Gasteiger partial charge in [-0.05, 0) is 38.5 Å². The molecule has 4 N–H and O–H groups in total. The van der Waals surface area contributed by atoms with E-state index in [-0.39, 0.29) is 18.5 Å². The largest absolute Gasteiger partial charge is 0.396 e. The van der Waals surface area contributed by atoms with Crippen molar-refractivity contribution in [1.82, 2.24) is 0 Å². The van der Waals surface area contributed by atoms with Crippen LogP contribution in [0.15, 0.2) is 18.2 Å². The SMILES string of the molecule is CC(C)N(CCCO)c1ccc(C(=N)N)cc1F. The summed E-state index contributed by atoms with van der Waals surface area (Å²) >= 11 is 0. The van der Waals surface area contributed by atoms with E-state index in [4.69, 9.17) is 16.2 Å². The molecule has 0 aliphatic heterocycles.